The summed E-state index contributed by atoms with van der Waals surface area (Å²) in [5.74, 6) is -2.37. The van der Waals surface area contributed by atoms with Crippen molar-refractivity contribution in [2.45, 2.75) is 69.6 Å². The number of nitrogens with zero attached hydrogens (tertiary/aromatic N) is 3. The summed E-state index contributed by atoms with van der Waals surface area (Å²) in [5, 5.41) is 9.18. The van der Waals surface area contributed by atoms with Gasteiger partial charge in [-0.1, -0.05) is 31.9 Å². The molecule has 2 amide bonds. The van der Waals surface area contributed by atoms with Crippen LogP contribution < -0.4 is 0 Å². The number of carbonyl (C=O) groups is 3. The fraction of sp³-hybridized carbons (Fsp3) is 0.774. The van der Waals surface area contributed by atoms with Gasteiger partial charge in [0.15, 0.2) is 0 Å². The highest BCUT2D eigenvalue weighted by atomic mass is 16.6. The molecule has 1 N–H and O–H groups in total. The number of amides is 2. The van der Waals surface area contributed by atoms with Crippen LogP contribution in [0.2, 0.25) is 0 Å². The molecule has 4 fully saturated rings. The van der Waals surface area contributed by atoms with Gasteiger partial charge in [-0.3, -0.25) is 19.3 Å². The van der Waals surface area contributed by atoms with E-state index in [4.69, 9.17) is 14.2 Å². The van der Waals surface area contributed by atoms with Crippen LogP contribution in [0.5, 0.6) is 0 Å². The van der Waals surface area contributed by atoms with Crippen molar-refractivity contribution in [2.24, 2.45) is 17.8 Å². The zero-order chi connectivity index (χ0) is 29.6. The predicted octanol–water partition coefficient (Wildman–Crippen LogP) is 2.02. The molecule has 0 aliphatic carbocycles. The van der Waals surface area contributed by atoms with E-state index in [0.29, 0.717) is 65.1 Å². The van der Waals surface area contributed by atoms with Gasteiger partial charge in [0.05, 0.1) is 31.3 Å². The molecule has 0 radical (unpaired) electrons. The zero-order valence-electron chi connectivity index (χ0n) is 24.9. The number of hydrogen-bond donors (Lipinski definition) is 1. The van der Waals surface area contributed by atoms with Crippen LogP contribution in [0.1, 0.15) is 52.4 Å². The molecule has 41 heavy (non-hydrogen) atoms. The molecule has 4 heterocycles. The zero-order valence-corrected chi connectivity index (χ0v) is 24.9. The maximum atomic E-state index is 14.5. The number of rotatable bonds is 16. The number of unbranched alkanes of at least 4 members (excludes halogenated alkanes) is 3. The van der Waals surface area contributed by atoms with E-state index in [-0.39, 0.29) is 30.9 Å². The molecule has 4 aliphatic heterocycles. The summed E-state index contributed by atoms with van der Waals surface area (Å²) in [6.07, 6.45) is 7.55. The summed E-state index contributed by atoms with van der Waals surface area (Å²) >= 11 is 0. The lowest BCUT2D eigenvalue weighted by molar-refractivity contribution is -0.162. The van der Waals surface area contributed by atoms with Crippen molar-refractivity contribution in [1.29, 1.82) is 0 Å². The SMILES string of the molecule is C=CCCOC(=O)[C@@H]1[C@H]2C(=O)N(CCCCCCO)C(C(=O)N(CC=C)CCN3CCOCC3)C23CC(C)[C@@]1(C)O3. The highest BCUT2D eigenvalue weighted by Crippen LogP contribution is 2.65. The first-order valence-corrected chi connectivity index (χ1v) is 15.3. The number of fused-ring (bicyclic) bond motifs is 1. The van der Waals surface area contributed by atoms with Gasteiger partial charge in [-0.25, -0.2) is 0 Å². The number of aliphatic hydroxyl groups is 1. The van der Waals surface area contributed by atoms with E-state index in [1.807, 2.05) is 13.8 Å². The molecule has 2 bridgehead atoms. The Hall–Kier alpha value is -2.27. The average Bonchev–Trinajstić information content (AvgIpc) is 3.47. The van der Waals surface area contributed by atoms with Gasteiger partial charge in [-0.15, -0.1) is 13.2 Å². The average molecular weight is 576 g/mol. The van der Waals surface area contributed by atoms with Crippen molar-refractivity contribution < 1.29 is 33.7 Å². The van der Waals surface area contributed by atoms with Crippen molar-refractivity contribution in [1.82, 2.24) is 14.7 Å². The van der Waals surface area contributed by atoms with Crippen molar-refractivity contribution >= 4 is 17.8 Å². The molecule has 3 unspecified atom stereocenters. The number of aliphatic hydroxyl groups excluding tert-OH is 1. The lowest BCUT2D eigenvalue weighted by Gasteiger charge is -2.38. The molecule has 0 aromatic heterocycles. The van der Waals surface area contributed by atoms with Gasteiger partial charge in [0.1, 0.15) is 17.6 Å². The van der Waals surface area contributed by atoms with E-state index in [2.05, 4.69) is 18.1 Å². The van der Waals surface area contributed by atoms with E-state index < -0.39 is 35.0 Å². The summed E-state index contributed by atoms with van der Waals surface area (Å²) in [4.78, 5) is 48.1. The minimum atomic E-state index is -1.09. The molecule has 4 aliphatic rings. The Labute approximate surface area is 244 Å². The minimum Gasteiger partial charge on any atom is -0.465 e. The van der Waals surface area contributed by atoms with Gasteiger partial charge in [-0.2, -0.15) is 0 Å². The topological polar surface area (TPSA) is 109 Å². The second-order valence-corrected chi connectivity index (χ2v) is 12.1. The Kier molecular flexibility index (Phi) is 10.7. The van der Waals surface area contributed by atoms with E-state index in [0.717, 1.165) is 25.9 Å². The number of hydrogen-bond acceptors (Lipinski definition) is 8. The third-order valence-corrected chi connectivity index (χ3v) is 9.63. The third-order valence-electron chi connectivity index (χ3n) is 9.63. The predicted molar refractivity (Wildman–Crippen MR) is 154 cm³/mol. The summed E-state index contributed by atoms with van der Waals surface area (Å²) < 4.78 is 17.9. The van der Waals surface area contributed by atoms with Crippen LogP contribution in [0.15, 0.2) is 25.3 Å². The highest BCUT2D eigenvalue weighted by molar-refractivity contribution is 5.98. The maximum Gasteiger partial charge on any atom is 0.312 e. The fourth-order valence-corrected chi connectivity index (χ4v) is 7.40. The van der Waals surface area contributed by atoms with Gasteiger partial charge >= 0.3 is 5.97 Å². The molecule has 1 spiro atoms. The number of ether oxygens (including phenoxy) is 3. The summed E-state index contributed by atoms with van der Waals surface area (Å²) in [5.41, 5.74) is -1.98. The van der Waals surface area contributed by atoms with Crippen LogP contribution in [0.4, 0.5) is 0 Å². The highest BCUT2D eigenvalue weighted by Gasteiger charge is 2.80. The van der Waals surface area contributed by atoms with E-state index in [1.54, 1.807) is 22.0 Å². The molecule has 10 heteroatoms. The van der Waals surface area contributed by atoms with Crippen LogP contribution in [-0.4, -0.2) is 121 Å². The second-order valence-electron chi connectivity index (χ2n) is 12.1. The fourth-order valence-electron chi connectivity index (χ4n) is 7.40. The number of carbonyl (C=O) groups excluding carboxylic acids is 3. The Morgan fingerprint density at radius 3 is 2.56 bits per heavy atom. The second kappa shape index (κ2) is 13.8. The number of esters is 1. The molecule has 6 atom stereocenters. The van der Waals surface area contributed by atoms with Gasteiger partial charge in [-0.05, 0) is 38.5 Å². The summed E-state index contributed by atoms with van der Waals surface area (Å²) in [7, 11) is 0. The number of likely N-dealkylation sites (tertiary alicyclic amines) is 1. The Bertz CT molecular complexity index is 969. The van der Waals surface area contributed by atoms with Crippen molar-refractivity contribution in [3.63, 3.8) is 0 Å². The van der Waals surface area contributed by atoms with Gasteiger partial charge in [0, 0.05) is 45.9 Å². The number of morpholine rings is 1. The van der Waals surface area contributed by atoms with Crippen molar-refractivity contribution in [2.75, 3.05) is 65.7 Å². The standard InChI is InChI=1S/C31H49N3O7/c1-5-7-19-40-29(38)25-24-27(36)34(13-10-8-9-11-18-35)26(31(24)22-23(3)30(25,4)41-31)28(37)33(12-6-2)15-14-32-16-20-39-21-17-32/h5-6,23-26,35H,1-2,7-22H2,3-4H3/t23?,24-,25-,26?,30+,31?/m0/s1. The van der Waals surface area contributed by atoms with Gasteiger partial charge < -0.3 is 29.1 Å². The van der Waals surface area contributed by atoms with Crippen LogP contribution in [0.25, 0.3) is 0 Å². The molecule has 0 saturated carbocycles. The van der Waals surface area contributed by atoms with Crippen LogP contribution in [-0.2, 0) is 28.6 Å². The van der Waals surface area contributed by atoms with Crippen LogP contribution in [0.3, 0.4) is 0 Å². The lowest BCUT2D eigenvalue weighted by Crippen LogP contribution is -2.57. The first-order chi connectivity index (χ1) is 19.7. The lowest BCUT2D eigenvalue weighted by atomic mass is 9.62. The molecule has 10 nitrogen and oxygen atoms in total. The molecular weight excluding hydrogens is 526 g/mol. The Morgan fingerprint density at radius 1 is 1.15 bits per heavy atom. The molecule has 0 aromatic rings. The van der Waals surface area contributed by atoms with E-state index in [9.17, 15) is 19.5 Å². The molecular formula is C31H49N3O7. The Morgan fingerprint density at radius 2 is 1.88 bits per heavy atom. The summed E-state index contributed by atoms with van der Waals surface area (Å²) in [6.45, 7) is 16.8. The Balaban J connectivity index is 1.63. The normalized spacial score (nSPS) is 32.7. The van der Waals surface area contributed by atoms with E-state index in [1.165, 1.54) is 0 Å². The van der Waals surface area contributed by atoms with Gasteiger partial charge in [0.2, 0.25) is 11.8 Å². The van der Waals surface area contributed by atoms with E-state index >= 15 is 0 Å². The maximum absolute atomic E-state index is 14.5. The third kappa shape index (κ3) is 6.12. The van der Waals surface area contributed by atoms with Crippen LogP contribution >= 0.6 is 0 Å². The molecule has 4 saturated heterocycles. The monoisotopic (exact) mass is 575 g/mol. The van der Waals surface area contributed by atoms with Crippen molar-refractivity contribution in [3.05, 3.63) is 25.3 Å². The van der Waals surface area contributed by atoms with Crippen molar-refractivity contribution in [3.8, 4) is 0 Å². The first kappa shape index (κ1) is 31.7. The molecule has 0 aromatic carbocycles. The summed E-state index contributed by atoms with van der Waals surface area (Å²) in [6, 6.07) is -0.822. The minimum absolute atomic E-state index is 0.0375. The van der Waals surface area contributed by atoms with Gasteiger partial charge in [0.25, 0.3) is 0 Å². The molecule has 4 rings (SSSR count). The molecule has 230 valence electrons. The smallest absolute Gasteiger partial charge is 0.312 e. The largest absolute Gasteiger partial charge is 0.465 e. The van der Waals surface area contributed by atoms with Crippen LogP contribution in [0, 0.1) is 17.8 Å². The first-order valence-electron chi connectivity index (χ1n) is 15.3. The quantitative estimate of drug-likeness (QED) is 0.169.